The first kappa shape index (κ1) is 24.9. The maximum Gasteiger partial charge on any atom is 0.417 e. The molecule has 2 saturated heterocycles. The minimum Gasteiger partial charge on any atom is -0.443 e. The van der Waals surface area contributed by atoms with Crippen molar-refractivity contribution in [3.63, 3.8) is 0 Å². The number of amides is 1. The molecule has 0 bridgehead atoms. The number of nitrogens with two attached hydrogens (primary N) is 1. The van der Waals surface area contributed by atoms with E-state index in [1.165, 1.54) is 11.0 Å². The first-order chi connectivity index (χ1) is 16.5. The van der Waals surface area contributed by atoms with E-state index in [1.54, 1.807) is 24.3 Å². The lowest BCUT2D eigenvalue weighted by Gasteiger charge is -2.35. The van der Waals surface area contributed by atoms with E-state index in [4.69, 9.17) is 15.9 Å². The molecule has 2 fully saturated rings. The molecule has 2 aliphatic rings. The summed E-state index contributed by atoms with van der Waals surface area (Å²) in [6, 6.07) is 10.8. The van der Waals surface area contributed by atoms with Crippen LogP contribution < -0.4 is 10.6 Å². The summed E-state index contributed by atoms with van der Waals surface area (Å²) in [5, 5.41) is 7.45. The summed E-state index contributed by atoms with van der Waals surface area (Å²) in [6.07, 6.45) is -5.75. The van der Waals surface area contributed by atoms with Crippen LogP contribution in [0.15, 0.2) is 53.4 Å². The number of amidine groups is 1. The molecule has 1 atom stereocenters. The molecule has 1 unspecified atom stereocenters. The lowest BCUT2D eigenvalue weighted by atomic mass is 10.2. The average molecular weight is 512 g/mol. The van der Waals surface area contributed by atoms with Crippen molar-refractivity contribution in [1.82, 2.24) is 9.21 Å². The molecule has 2 aromatic rings. The van der Waals surface area contributed by atoms with E-state index in [1.807, 2.05) is 4.90 Å². The molecular weight excluding hydrogens is 487 g/mol. The minimum absolute atomic E-state index is 0.0193. The fourth-order valence-electron chi connectivity index (χ4n) is 4.15. The molecule has 4 rings (SSSR count). The van der Waals surface area contributed by atoms with E-state index in [9.17, 15) is 26.4 Å². The molecule has 13 heteroatoms. The summed E-state index contributed by atoms with van der Waals surface area (Å²) in [5.74, 6) is -0.0820. The number of carbonyl (C=O) groups is 1. The molecule has 1 amide bonds. The van der Waals surface area contributed by atoms with E-state index in [0.29, 0.717) is 17.8 Å². The molecule has 2 aromatic carbocycles. The van der Waals surface area contributed by atoms with Crippen LogP contribution in [0.4, 0.5) is 23.7 Å². The number of hydrogen-bond donors (Lipinski definition) is 2. The molecule has 2 heterocycles. The Kier molecular flexibility index (Phi) is 6.75. The van der Waals surface area contributed by atoms with E-state index >= 15 is 0 Å². The van der Waals surface area contributed by atoms with Crippen molar-refractivity contribution in [1.29, 1.82) is 5.41 Å². The molecule has 0 aromatic heterocycles. The van der Waals surface area contributed by atoms with Gasteiger partial charge in [0.2, 0.25) is 10.0 Å². The Hall–Kier alpha value is -3.16. The number of cyclic esters (lactones) is 1. The first-order valence-corrected chi connectivity index (χ1v) is 12.2. The fourth-order valence-corrected chi connectivity index (χ4v) is 5.79. The monoisotopic (exact) mass is 511 g/mol. The van der Waals surface area contributed by atoms with E-state index in [0.717, 1.165) is 22.5 Å². The molecule has 188 valence electrons. The Morgan fingerprint density at radius 1 is 1.06 bits per heavy atom. The van der Waals surface area contributed by atoms with E-state index < -0.39 is 38.9 Å². The summed E-state index contributed by atoms with van der Waals surface area (Å²) in [4.78, 5) is 15.0. The molecule has 2 aliphatic heterocycles. The van der Waals surface area contributed by atoms with Gasteiger partial charge in [-0.05, 0) is 36.4 Å². The van der Waals surface area contributed by atoms with E-state index in [2.05, 4.69) is 0 Å². The number of sulfonamides is 1. The van der Waals surface area contributed by atoms with Crippen molar-refractivity contribution in [2.75, 3.05) is 44.2 Å². The van der Waals surface area contributed by atoms with Crippen LogP contribution in [0.3, 0.4) is 0 Å². The zero-order chi connectivity index (χ0) is 25.4. The average Bonchev–Trinajstić information content (AvgIpc) is 3.18. The highest BCUT2D eigenvalue weighted by atomic mass is 32.2. The second-order valence-electron chi connectivity index (χ2n) is 8.28. The lowest BCUT2D eigenvalue weighted by molar-refractivity contribution is -0.139. The largest absolute Gasteiger partial charge is 0.443 e. The molecule has 0 saturated carbocycles. The highest BCUT2D eigenvalue weighted by molar-refractivity contribution is 7.89. The van der Waals surface area contributed by atoms with Gasteiger partial charge < -0.3 is 10.5 Å². The maximum absolute atomic E-state index is 13.3. The third-order valence-corrected chi connectivity index (χ3v) is 7.92. The Bertz CT molecular complexity index is 1210. The molecule has 0 spiro atoms. The Morgan fingerprint density at radius 3 is 2.29 bits per heavy atom. The number of ether oxygens (including phenoxy) is 1. The van der Waals surface area contributed by atoms with Crippen molar-refractivity contribution in [3.05, 3.63) is 59.7 Å². The smallest absolute Gasteiger partial charge is 0.417 e. The van der Waals surface area contributed by atoms with Crippen LogP contribution >= 0.6 is 0 Å². The molecule has 3 N–H and O–H groups in total. The van der Waals surface area contributed by atoms with Gasteiger partial charge in [0.1, 0.15) is 11.9 Å². The predicted molar refractivity (Wildman–Crippen MR) is 122 cm³/mol. The number of carbonyl (C=O) groups excluding carboxylic acids is 1. The number of rotatable bonds is 6. The van der Waals surface area contributed by atoms with Gasteiger partial charge in [0.25, 0.3) is 0 Å². The molecule has 9 nitrogen and oxygen atoms in total. The van der Waals surface area contributed by atoms with Gasteiger partial charge >= 0.3 is 12.3 Å². The van der Waals surface area contributed by atoms with Gasteiger partial charge in [-0.25, -0.2) is 13.2 Å². The van der Waals surface area contributed by atoms with Crippen LogP contribution in [0.25, 0.3) is 0 Å². The van der Waals surface area contributed by atoms with Crippen LogP contribution in [0.1, 0.15) is 11.1 Å². The topological polar surface area (TPSA) is 120 Å². The lowest BCUT2D eigenvalue weighted by Crippen LogP contribution is -2.50. The number of benzene rings is 2. The zero-order valence-corrected chi connectivity index (χ0v) is 19.3. The van der Waals surface area contributed by atoms with Crippen molar-refractivity contribution in [2.24, 2.45) is 5.73 Å². The van der Waals surface area contributed by atoms with Crippen molar-refractivity contribution < 1.29 is 31.1 Å². The van der Waals surface area contributed by atoms with Crippen molar-refractivity contribution in [3.8, 4) is 0 Å². The highest BCUT2D eigenvalue weighted by Crippen LogP contribution is 2.35. The highest BCUT2D eigenvalue weighted by Gasteiger charge is 2.40. The van der Waals surface area contributed by atoms with Gasteiger partial charge in [-0.2, -0.15) is 17.5 Å². The Labute approximate surface area is 200 Å². The molecule has 0 aliphatic carbocycles. The predicted octanol–water partition coefficient (Wildman–Crippen LogP) is 2.32. The Morgan fingerprint density at radius 2 is 1.69 bits per heavy atom. The summed E-state index contributed by atoms with van der Waals surface area (Å²) in [7, 11) is -4.32. The standard InChI is InChI=1S/C22H24F3N5O4S/c23-22(24,25)18-3-1-2-4-19(18)35(32,33)29-11-9-28(10-12-29)13-17-14-30(21(31)34-17)16-7-5-15(6-8-16)20(26)27/h1-8,17H,9-14H2,(H3,26,27). The minimum atomic E-state index is -4.78. The number of nitrogen functional groups attached to an aromatic ring is 1. The number of nitrogens with one attached hydrogen (secondary N) is 1. The van der Waals surface area contributed by atoms with Gasteiger partial charge in [0.15, 0.2) is 0 Å². The summed E-state index contributed by atoms with van der Waals surface area (Å²) >= 11 is 0. The SMILES string of the molecule is N=C(N)c1ccc(N2CC(CN3CCN(S(=O)(=O)c4ccccc4C(F)(F)F)CC3)OC2=O)cc1. The van der Waals surface area contributed by atoms with Gasteiger partial charge in [0, 0.05) is 44.0 Å². The van der Waals surface area contributed by atoms with Gasteiger partial charge in [-0.15, -0.1) is 0 Å². The number of alkyl halides is 3. The van der Waals surface area contributed by atoms with Crippen molar-refractivity contribution >= 4 is 27.6 Å². The van der Waals surface area contributed by atoms with Crippen LogP contribution in [-0.4, -0.2) is 74.9 Å². The summed E-state index contributed by atoms with van der Waals surface area (Å²) < 4.78 is 72.3. The van der Waals surface area contributed by atoms with Gasteiger partial charge in [0.05, 0.1) is 17.0 Å². The van der Waals surface area contributed by atoms with Crippen LogP contribution in [0, 0.1) is 5.41 Å². The molecule has 35 heavy (non-hydrogen) atoms. The fraction of sp³-hybridized carbons (Fsp3) is 0.364. The van der Waals surface area contributed by atoms with Crippen LogP contribution in [0.2, 0.25) is 0 Å². The number of piperazine rings is 1. The third kappa shape index (κ3) is 5.26. The zero-order valence-electron chi connectivity index (χ0n) is 18.5. The van der Waals surface area contributed by atoms with Crippen LogP contribution in [-0.2, 0) is 20.9 Å². The number of anilines is 1. The Balaban J connectivity index is 1.36. The second kappa shape index (κ2) is 9.47. The summed E-state index contributed by atoms with van der Waals surface area (Å²) in [5.41, 5.74) is 5.39. The quantitative estimate of drug-likeness (QED) is 0.454. The van der Waals surface area contributed by atoms with Crippen molar-refractivity contribution in [2.45, 2.75) is 17.2 Å². The summed E-state index contributed by atoms with van der Waals surface area (Å²) in [6.45, 7) is 1.26. The van der Waals surface area contributed by atoms with Gasteiger partial charge in [-0.1, -0.05) is 12.1 Å². The number of halogens is 3. The van der Waals surface area contributed by atoms with Crippen LogP contribution in [0.5, 0.6) is 0 Å². The first-order valence-electron chi connectivity index (χ1n) is 10.8. The van der Waals surface area contributed by atoms with E-state index in [-0.39, 0.29) is 38.6 Å². The third-order valence-electron chi connectivity index (χ3n) is 5.97. The normalized spacial score (nSPS) is 20.1. The molecule has 0 radical (unpaired) electrons. The number of hydrogen-bond acceptors (Lipinski definition) is 6. The molecular formula is C22H24F3N5O4S. The van der Waals surface area contributed by atoms with Gasteiger partial charge in [-0.3, -0.25) is 15.2 Å². The maximum atomic E-state index is 13.3. The second-order valence-corrected chi connectivity index (χ2v) is 10.2. The number of nitrogens with zero attached hydrogens (tertiary/aromatic N) is 3.